The minimum atomic E-state index is -0.407. The number of amides is 1. The SMILES string of the molecule is O=C(c1ccco1)N(c1ccc(F)cc1)C1CCN(Cc2ccc([N+](=O)[O-])cc2)CC1. The molecule has 1 fully saturated rings. The Morgan fingerprint density at radius 2 is 1.77 bits per heavy atom. The van der Waals surface area contributed by atoms with Gasteiger partial charge in [0.05, 0.1) is 11.2 Å². The van der Waals surface area contributed by atoms with Gasteiger partial charge in [-0.1, -0.05) is 12.1 Å². The van der Waals surface area contributed by atoms with Gasteiger partial charge in [0.15, 0.2) is 5.76 Å². The second-order valence-electron chi connectivity index (χ2n) is 7.56. The van der Waals surface area contributed by atoms with E-state index in [9.17, 15) is 19.3 Å². The monoisotopic (exact) mass is 423 g/mol. The second-order valence-corrected chi connectivity index (χ2v) is 7.56. The number of furan rings is 1. The Morgan fingerprint density at radius 1 is 1.10 bits per heavy atom. The van der Waals surface area contributed by atoms with Crippen LogP contribution in [0.25, 0.3) is 0 Å². The van der Waals surface area contributed by atoms with E-state index in [4.69, 9.17) is 4.42 Å². The standard InChI is InChI=1S/C23H22FN3O4/c24-18-5-9-19(10-6-18)26(23(28)22-2-1-15-31-22)20-11-13-25(14-12-20)16-17-3-7-21(8-4-17)27(29)30/h1-10,15,20H,11-14,16H2. The molecule has 0 spiro atoms. The number of carbonyl (C=O) groups excluding carboxylic acids is 1. The summed E-state index contributed by atoms with van der Waals surface area (Å²) in [6.07, 6.45) is 2.95. The van der Waals surface area contributed by atoms with Crippen molar-refractivity contribution in [3.8, 4) is 0 Å². The molecule has 3 aromatic rings. The molecule has 2 heterocycles. The smallest absolute Gasteiger partial charge is 0.294 e. The predicted molar refractivity (Wildman–Crippen MR) is 113 cm³/mol. The fraction of sp³-hybridized carbons (Fsp3) is 0.261. The van der Waals surface area contributed by atoms with Crippen LogP contribution in [0, 0.1) is 15.9 Å². The largest absolute Gasteiger partial charge is 0.459 e. The summed E-state index contributed by atoms with van der Waals surface area (Å²) in [5, 5.41) is 10.8. The highest BCUT2D eigenvalue weighted by Gasteiger charge is 2.31. The third-order valence-corrected chi connectivity index (χ3v) is 5.53. The molecule has 0 bridgehead atoms. The minimum absolute atomic E-state index is 0.0452. The summed E-state index contributed by atoms with van der Waals surface area (Å²) < 4.78 is 18.7. The van der Waals surface area contributed by atoms with E-state index in [1.807, 2.05) is 0 Å². The van der Waals surface area contributed by atoms with Gasteiger partial charge in [-0.05, 0) is 54.8 Å². The van der Waals surface area contributed by atoms with Gasteiger partial charge in [-0.25, -0.2) is 4.39 Å². The van der Waals surface area contributed by atoms with Crippen LogP contribution in [0.1, 0.15) is 29.0 Å². The van der Waals surface area contributed by atoms with E-state index in [1.165, 1.54) is 30.5 Å². The van der Waals surface area contributed by atoms with Crippen LogP contribution in [0.15, 0.2) is 71.3 Å². The Bertz CT molecular complexity index is 1030. The topological polar surface area (TPSA) is 79.8 Å². The number of hydrogen-bond acceptors (Lipinski definition) is 5. The molecule has 0 N–H and O–H groups in total. The van der Waals surface area contributed by atoms with Gasteiger partial charge in [0.2, 0.25) is 0 Å². The maximum atomic E-state index is 13.4. The lowest BCUT2D eigenvalue weighted by Crippen LogP contribution is -2.47. The Balaban J connectivity index is 1.45. The normalized spacial score (nSPS) is 15.0. The van der Waals surface area contributed by atoms with E-state index >= 15 is 0 Å². The Labute approximate surface area is 178 Å². The lowest BCUT2D eigenvalue weighted by molar-refractivity contribution is -0.384. The Hall–Kier alpha value is -3.52. The molecule has 0 saturated carbocycles. The summed E-state index contributed by atoms with van der Waals surface area (Å²) in [7, 11) is 0. The van der Waals surface area contributed by atoms with Gasteiger partial charge < -0.3 is 9.32 Å². The van der Waals surface area contributed by atoms with Crippen LogP contribution in [0.2, 0.25) is 0 Å². The maximum Gasteiger partial charge on any atom is 0.294 e. The molecule has 0 atom stereocenters. The first kappa shape index (κ1) is 20.7. The number of anilines is 1. The van der Waals surface area contributed by atoms with E-state index in [0.717, 1.165) is 31.5 Å². The summed E-state index contributed by atoms with van der Waals surface area (Å²) in [6.45, 7) is 2.23. The van der Waals surface area contributed by atoms with Crippen LogP contribution in [0.4, 0.5) is 15.8 Å². The van der Waals surface area contributed by atoms with Crippen LogP contribution in [0.5, 0.6) is 0 Å². The van der Waals surface area contributed by atoms with Gasteiger partial charge in [0.25, 0.3) is 11.6 Å². The molecule has 1 saturated heterocycles. The molecule has 0 radical (unpaired) electrons. The zero-order valence-electron chi connectivity index (χ0n) is 16.8. The Kier molecular flexibility index (Phi) is 6.08. The number of nitro benzene ring substituents is 1. The van der Waals surface area contributed by atoms with Gasteiger partial charge >= 0.3 is 0 Å². The lowest BCUT2D eigenvalue weighted by atomic mass is 10.0. The number of halogens is 1. The summed E-state index contributed by atoms with van der Waals surface area (Å²) in [5.74, 6) is -0.352. The molecule has 4 rings (SSSR count). The van der Waals surface area contributed by atoms with Crippen molar-refractivity contribution in [1.82, 2.24) is 4.90 Å². The molecular formula is C23H22FN3O4. The summed E-state index contributed by atoms with van der Waals surface area (Å²) in [6, 6.07) is 15.7. The first-order chi connectivity index (χ1) is 15.0. The van der Waals surface area contributed by atoms with Gasteiger partial charge in [-0.15, -0.1) is 0 Å². The molecule has 0 aliphatic carbocycles. The number of nitro groups is 1. The van der Waals surface area contributed by atoms with Crippen LogP contribution in [0.3, 0.4) is 0 Å². The minimum Gasteiger partial charge on any atom is -0.459 e. The molecule has 31 heavy (non-hydrogen) atoms. The molecule has 0 unspecified atom stereocenters. The van der Waals surface area contributed by atoms with Crippen LogP contribution in [-0.2, 0) is 6.54 Å². The number of benzene rings is 2. The van der Waals surface area contributed by atoms with E-state index in [2.05, 4.69) is 4.90 Å². The third-order valence-electron chi connectivity index (χ3n) is 5.53. The molecule has 1 aliphatic heterocycles. The summed E-state index contributed by atoms with van der Waals surface area (Å²) in [5.41, 5.74) is 1.72. The van der Waals surface area contributed by atoms with Crippen LogP contribution < -0.4 is 4.90 Å². The van der Waals surface area contributed by atoms with Crippen molar-refractivity contribution in [2.45, 2.75) is 25.4 Å². The third kappa shape index (κ3) is 4.80. The number of rotatable bonds is 6. The van der Waals surface area contributed by atoms with Gasteiger partial charge in [0, 0.05) is 43.5 Å². The fourth-order valence-corrected chi connectivity index (χ4v) is 3.93. The number of non-ortho nitro benzene ring substituents is 1. The molecule has 1 amide bonds. The van der Waals surface area contributed by atoms with Gasteiger partial charge in [-0.2, -0.15) is 0 Å². The highest BCUT2D eigenvalue weighted by atomic mass is 19.1. The summed E-state index contributed by atoms with van der Waals surface area (Å²) in [4.78, 5) is 27.5. The number of nitrogens with zero attached hydrogens (tertiary/aromatic N) is 3. The number of likely N-dealkylation sites (tertiary alicyclic amines) is 1. The van der Waals surface area contributed by atoms with E-state index in [-0.39, 0.29) is 29.2 Å². The highest BCUT2D eigenvalue weighted by molar-refractivity contribution is 6.04. The first-order valence-corrected chi connectivity index (χ1v) is 10.1. The molecule has 2 aromatic carbocycles. The number of hydrogen-bond donors (Lipinski definition) is 0. The fourth-order valence-electron chi connectivity index (χ4n) is 3.93. The quantitative estimate of drug-likeness (QED) is 0.426. The number of carbonyl (C=O) groups is 1. The molecule has 1 aliphatic rings. The average Bonchev–Trinajstić information content (AvgIpc) is 3.32. The molecule has 8 heteroatoms. The zero-order chi connectivity index (χ0) is 21.8. The first-order valence-electron chi connectivity index (χ1n) is 10.1. The molecular weight excluding hydrogens is 401 g/mol. The molecule has 1 aromatic heterocycles. The predicted octanol–water partition coefficient (Wildman–Crippen LogP) is 4.64. The summed E-state index contributed by atoms with van der Waals surface area (Å²) >= 11 is 0. The Morgan fingerprint density at radius 3 is 2.35 bits per heavy atom. The van der Waals surface area contributed by atoms with Crippen molar-refractivity contribution >= 4 is 17.3 Å². The van der Waals surface area contributed by atoms with Crippen molar-refractivity contribution in [2.75, 3.05) is 18.0 Å². The highest BCUT2D eigenvalue weighted by Crippen LogP contribution is 2.27. The van der Waals surface area contributed by atoms with Crippen LogP contribution in [-0.4, -0.2) is 34.9 Å². The van der Waals surface area contributed by atoms with Gasteiger partial charge in [0.1, 0.15) is 5.82 Å². The van der Waals surface area contributed by atoms with E-state index in [1.54, 1.807) is 41.3 Å². The van der Waals surface area contributed by atoms with Crippen molar-refractivity contribution in [1.29, 1.82) is 0 Å². The second kappa shape index (κ2) is 9.09. The van der Waals surface area contributed by atoms with E-state index in [0.29, 0.717) is 12.2 Å². The molecule has 160 valence electrons. The van der Waals surface area contributed by atoms with Crippen molar-refractivity contribution in [2.24, 2.45) is 0 Å². The van der Waals surface area contributed by atoms with Crippen molar-refractivity contribution in [3.05, 3.63) is 94.2 Å². The van der Waals surface area contributed by atoms with Crippen LogP contribution >= 0.6 is 0 Å². The van der Waals surface area contributed by atoms with E-state index < -0.39 is 4.92 Å². The van der Waals surface area contributed by atoms with Crippen molar-refractivity contribution < 1.29 is 18.5 Å². The molecule has 7 nitrogen and oxygen atoms in total. The maximum absolute atomic E-state index is 13.4. The average molecular weight is 423 g/mol. The van der Waals surface area contributed by atoms with Crippen molar-refractivity contribution in [3.63, 3.8) is 0 Å². The lowest BCUT2D eigenvalue weighted by Gasteiger charge is -2.38. The van der Waals surface area contributed by atoms with Gasteiger partial charge in [-0.3, -0.25) is 19.8 Å². The zero-order valence-corrected chi connectivity index (χ0v) is 16.8. The number of piperidine rings is 1.